The van der Waals surface area contributed by atoms with Crippen molar-refractivity contribution in [2.75, 3.05) is 29.7 Å². The van der Waals surface area contributed by atoms with Crippen LogP contribution < -0.4 is 4.90 Å². The molecule has 0 radical (unpaired) electrons. The summed E-state index contributed by atoms with van der Waals surface area (Å²) >= 11 is 17.6. The fourth-order valence-corrected chi connectivity index (χ4v) is 2.78. The average molecular weight is 371 g/mol. The van der Waals surface area contributed by atoms with Crippen LogP contribution in [0.1, 0.15) is 5.56 Å². The van der Waals surface area contributed by atoms with Gasteiger partial charge in [0.25, 0.3) is 0 Å². The van der Waals surface area contributed by atoms with E-state index >= 15 is 0 Å². The SMILES string of the molecule is Cc1cc(Cl)ccc1N=Nc1ccc(N(CCCl)CCCl)cc1. The summed E-state index contributed by atoms with van der Waals surface area (Å²) in [7, 11) is 0. The van der Waals surface area contributed by atoms with Crippen molar-refractivity contribution in [1.29, 1.82) is 0 Å². The molecule has 0 amide bonds. The normalized spacial score (nSPS) is 11.1. The number of halogens is 3. The van der Waals surface area contributed by atoms with Gasteiger partial charge in [-0.15, -0.1) is 23.2 Å². The van der Waals surface area contributed by atoms with Gasteiger partial charge in [-0.3, -0.25) is 0 Å². The van der Waals surface area contributed by atoms with Gasteiger partial charge in [0.05, 0.1) is 11.4 Å². The van der Waals surface area contributed by atoms with E-state index < -0.39 is 0 Å². The predicted molar refractivity (Wildman–Crippen MR) is 100 cm³/mol. The molecule has 0 atom stereocenters. The number of benzene rings is 2. The van der Waals surface area contributed by atoms with Gasteiger partial charge in [-0.1, -0.05) is 11.6 Å². The first kappa shape index (κ1) is 18.1. The van der Waals surface area contributed by atoms with Gasteiger partial charge in [-0.05, 0) is 55.0 Å². The maximum atomic E-state index is 5.94. The van der Waals surface area contributed by atoms with Crippen LogP contribution in [-0.4, -0.2) is 24.8 Å². The largest absolute Gasteiger partial charge is 0.369 e. The van der Waals surface area contributed by atoms with Crippen LogP contribution in [0.5, 0.6) is 0 Å². The second kappa shape index (κ2) is 9.11. The molecule has 0 aromatic heterocycles. The Bertz CT molecular complexity index is 651. The van der Waals surface area contributed by atoms with Crippen molar-refractivity contribution in [1.82, 2.24) is 0 Å². The zero-order chi connectivity index (χ0) is 16.7. The fourth-order valence-electron chi connectivity index (χ4n) is 2.15. The van der Waals surface area contributed by atoms with Gasteiger partial charge in [0.15, 0.2) is 0 Å². The fraction of sp³-hybridized carbons (Fsp3) is 0.294. The molecule has 0 saturated heterocycles. The Hall–Kier alpha value is -1.29. The first-order valence-corrected chi connectivity index (χ1v) is 8.73. The van der Waals surface area contributed by atoms with Crippen LogP contribution in [0.3, 0.4) is 0 Å². The minimum absolute atomic E-state index is 0.564. The Balaban J connectivity index is 2.11. The van der Waals surface area contributed by atoms with Crippen molar-refractivity contribution in [3.63, 3.8) is 0 Å². The predicted octanol–water partition coefficient (Wildman–Crippen LogP) is 6.35. The summed E-state index contributed by atoms with van der Waals surface area (Å²) in [5, 5.41) is 9.24. The third-order valence-corrected chi connectivity index (χ3v) is 3.93. The monoisotopic (exact) mass is 369 g/mol. The molecular formula is C17H18Cl3N3. The Morgan fingerprint density at radius 2 is 1.57 bits per heavy atom. The number of alkyl halides is 2. The van der Waals surface area contributed by atoms with Crippen molar-refractivity contribution < 1.29 is 0 Å². The van der Waals surface area contributed by atoms with E-state index in [2.05, 4.69) is 15.1 Å². The molecule has 0 aliphatic heterocycles. The number of rotatable bonds is 7. The summed E-state index contributed by atoms with van der Waals surface area (Å²) < 4.78 is 0. The molecule has 0 aliphatic carbocycles. The van der Waals surface area contributed by atoms with Crippen LogP contribution in [0.2, 0.25) is 5.02 Å². The second-order valence-electron chi connectivity index (χ2n) is 5.01. The van der Waals surface area contributed by atoms with Crippen LogP contribution in [0.15, 0.2) is 52.7 Å². The molecule has 23 heavy (non-hydrogen) atoms. The van der Waals surface area contributed by atoms with Gasteiger partial charge in [0.1, 0.15) is 0 Å². The zero-order valence-corrected chi connectivity index (χ0v) is 15.1. The number of hydrogen-bond acceptors (Lipinski definition) is 3. The Kier molecular flexibility index (Phi) is 7.15. The quantitative estimate of drug-likeness (QED) is 0.412. The molecule has 0 saturated carbocycles. The van der Waals surface area contributed by atoms with Gasteiger partial charge in [0.2, 0.25) is 0 Å². The molecule has 0 fully saturated rings. The zero-order valence-electron chi connectivity index (χ0n) is 12.8. The lowest BCUT2D eigenvalue weighted by Crippen LogP contribution is -2.27. The van der Waals surface area contributed by atoms with Gasteiger partial charge < -0.3 is 4.90 Å². The second-order valence-corrected chi connectivity index (χ2v) is 6.20. The van der Waals surface area contributed by atoms with Crippen LogP contribution >= 0.6 is 34.8 Å². The van der Waals surface area contributed by atoms with Gasteiger partial charge in [0, 0.05) is 35.6 Å². The van der Waals surface area contributed by atoms with Crippen molar-refractivity contribution >= 4 is 51.9 Å². The molecule has 6 heteroatoms. The standard InChI is InChI=1S/C17H18Cl3N3/c1-13-12-14(20)2-7-17(13)22-21-15-3-5-16(6-4-15)23(10-8-18)11-9-19/h2-7,12H,8-11H2,1H3. The van der Waals surface area contributed by atoms with E-state index in [0.29, 0.717) is 16.8 Å². The third kappa shape index (κ3) is 5.38. The molecule has 122 valence electrons. The Morgan fingerprint density at radius 3 is 2.13 bits per heavy atom. The minimum atomic E-state index is 0.564. The van der Waals surface area contributed by atoms with Gasteiger partial charge >= 0.3 is 0 Å². The van der Waals surface area contributed by atoms with Crippen molar-refractivity contribution in [3.05, 3.63) is 53.1 Å². The molecule has 0 unspecified atom stereocenters. The molecule has 2 rings (SSSR count). The minimum Gasteiger partial charge on any atom is -0.369 e. The topological polar surface area (TPSA) is 28.0 Å². The molecule has 3 nitrogen and oxygen atoms in total. The number of aryl methyl sites for hydroxylation is 1. The summed E-state index contributed by atoms with van der Waals surface area (Å²) in [6.45, 7) is 3.48. The van der Waals surface area contributed by atoms with Gasteiger partial charge in [-0.25, -0.2) is 0 Å². The van der Waals surface area contributed by atoms with Crippen LogP contribution in [0.4, 0.5) is 17.1 Å². The van der Waals surface area contributed by atoms with E-state index in [0.717, 1.165) is 35.7 Å². The number of hydrogen-bond donors (Lipinski definition) is 0. The summed E-state index contributed by atoms with van der Waals surface area (Å²) in [6.07, 6.45) is 0. The van der Waals surface area contributed by atoms with Crippen molar-refractivity contribution in [2.45, 2.75) is 6.92 Å². The Morgan fingerprint density at radius 1 is 0.913 bits per heavy atom. The van der Waals surface area contributed by atoms with Crippen molar-refractivity contribution in [3.8, 4) is 0 Å². The highest BCUT2D eigenvalue weighted by molar-refractivity contribution is 6.30. The lowest BCUT2D eigenvalue weighted by Gasteiger charge is -2.22. The number of anilines is 1. The van der Waals surface area contributed by atoms with E-state index in [-0.39, 0.29) is 0 Å². The van der Waals surface area contributed by atoms with Gasteiger partial charge in [-0.2, -0.15) is 10.2 Å². The smallest absolute Gasteiger partial charge is 0.0887 e. The van der Waals surface area contributed by atoms with Crippen LogP contribution in [0, 0.1) is 6.92 Å². The molecule has 0 N–H and O–H groups in total. The lowest BCUT2D eigenvalue weighted by molar-refractivity contribution is 0.874. The molecule has 0 spiro atoms. The first-order chi connectivity index (χ1) is 11.1. The highest BCUT2D eigenvalue weighted by Gasteiger charge is 2.05. The van der Waals surface area contributed by atoms with Crippen LogP contribution in [-0.2, 0) is 0 Å². The van der Waals surface area contributed by atoms with E-state index in [1.807, 2.05) is 49.4 Å². The maximum absolute atomic E-state index is 5.94. The summed E-state index contributed by atoms with van der Waals surface area (Å²) in [4.78, 5) is 2.14. The highest BCUT2D eigenvalue weighted by atomic mass is 35.5. The molecule has 2 aromatic carbocycles. The average Bonchev–Trinajstić information content (AvgIpc) is 2.54. The van der Waals surface area contributed by atoms with E-state index in [4.69, 9.17) is 34.8 Å². The third-order valence-electron chi connectivity index (χ3n) is 3.36. The summed E-state index contributed by atoms with van der Waals surface area (Å²) in [5.41, 5.74) is 3.67. The first-order valence-electron chi connectivity index (χ1n) is 7.29. The maximum Gasteiger partial charge on any atom is 0.0887 e. The molecule has 0 heterocycles. The Labute approximate surface area is 151 Å². The van der Waals surface area contributed by atoms with E-state index in [9.17, 15) is 0 Å². The molecular weight excluding hydrogens is 353 g/mol. The van der Waals surface area contributed by atoms with E-state index in [1.165, 1.54) is 0 Å². The summed E-state index contributed by atoms with van der Waals surface area (Å²) in [5.74, 6) is 1.13. The molecule has 0 aliphatic rings. The number of azo groups is 1. The van der Waals surface area contributed by atoms with E-state index in [1.54, 1.807) is 0 Å². The summed E-state index contributed by atoms with van der Waals surface area (Å²) in [6, 6.07) is 13.4. The highest BCUT2D eigenvalue weighted by Crippen LogP contribution is 2.26. The molecule has 2 aromatic rings. The lowest BCUT2D eigenvalue weighted by atomic mass is 10.2. The molecule has 0 bridgehead atoms. The number of nitrogens with zero attached hydrogens (tertiary/aromatic N) is 3. The van der Waals surface area contributed by atoms with Crippen molar-refractivity contribution in [2.24, 2.45) is 10.2 Å². The van der Waals surface area contributed by atoms with Crippen LogP contribution in [0.25, 0.3) is 0 Å².